The van der Waals surface area contributed by atoms with Crippen LogP contribution in [0.15, 0.2) is 48.5 Å². The van der Waals surface area contributed by atoms with Gasteiger partial charge >= 0.3 is 24.4 Å². The average Bonchev–Trinajstić information content (AvgIpc) is 3.38. The second kappa shape index (κ2) is 14.2. The molecule has 9 nitrogen and oxygen atoms in total. The number of alkyl halides is 6. The van der Waals surface area contributed by atoms with Crippen LogP contribution >= 0.6 is 0 Å². The Labute approximate surface area is 274 Å². The molecule has 0 radical (unpaired) electrons. The molecule has 2 saturated heterocycles. The van der Waals surface area contributed by atoms with Crippen LogP contribution in [-0.4, -0.2) is 59.3 Å². The third-order valence-corrected chi connectivity index (χ3v) is 9.09. The SMILES string of the molecule is CC(OC(=O)[C@@H](N)C(C)C)OC(=O)N1C[C@@]2(CCC(O)N2)CC[C@@]1(CO[C@H](C)c1cc(C(F)(F)F)cc(C(F)(F)F)c1)c1ccccc1. The van der Waals surface area contributed by atoms with E-state index < -0.39 is 71.3 Å². The van der Waals surface area contributed by atoms with E-state index in [2.05, 4.69) is 5.32 Å². The highest BCUT2D eigenvalue weighted by Gasteiger charge is 2.54. The second-order valence-corrected chi connectivity index (χ2v) is 12.9. The maximum Gasteiger partial charge on any atom is 0.416 e. The van der Waals surface area contributed by atoms with Gasteiger partial charge in [-0.05, 0) is 67.9 Å². The summed E-state index contributed by atoms with van der Waals surface area (Å²) in [4.78, 5) is 27.9. The molecule has 1 spiro atoms. The molecule has 266 valence electrons. The molecule has 4 rings (SSSR count). The number of piperidine rings is 1. The first-order chi connectivity index (χ1) is 22.3. The van der Waals surface area contributed by atoms with Crippen LogP contribution in [-0.2, 0) is 36.9 Å². The van der Waals surface area contributed by atoms with E-state index in [9.17, 15) is 41.0 Å². The Morgan fingerprint density at radius 1 is 0.958 bits per heavy atom. The topological polar surface area (TPSA) is 123 Å². The van der Waals surface area contributed by atoms with Gasteiger partial charge in [-0.2, -0.15) is 26.3 Å². The van der Waals surface area contributed by atoms with E-state index in [4.69, 9.17) is 19.9 Å². The molecular weight excluding hydrogens is 648 g/mol. The summed E-state index contributed by atoms with van der Waals surface area (Å²) >= 11 is 0. The minimum atomic E-state index is -5.04. The van der Waals surface area contributed by atoms with Crippen LogP contribution in [0.5, 0.6) is 0 Å². The standard InChI is InChI=1S/C33H41F6N3O6/c1-19(2)27(40)28(44)47-21(4)48-29(45)42-17-30(11-10-26(43)41-30)12-13-31(42,23-8-6-5-7-9-23)18-46-20(3)22-14-24(32(34,35)36)16-25(15-22)33(37,38)39/h5-9,14-16,19-21,26-27,41,43H,10-13,17-18,40H2,1-4H3/t20-,21?,26?,27+,30-,31-/m1/s1. The number of aliphatic hydroxyl groups excluding tert-OH is 1. The van der Waals surface area contributed by atoms with Crippen LogP contribution in [0.1, 0.15) is 81.7 Å². The molecule has 2 aliphatic heterocycles. The van der Waals surface area contributed by atoms with E-state index in [1.807, 2.05) is 0 Å². The van der Waals surface area contributed by atoms with Gasteiger partial charge in [0.15, 0.2) is 0 Å². The van der Waals surface area contributed by atoms with Gasteiger partial charge in [-0.15, -0.1) is 0 Å². The number of aliphatic hydroxyl groups is 1. The number of hydrogen-bond donors (Lipinski definition) is 3. The zero-order valence-corrected chi connectivity index (χ0v) is 27.0. The number of rotatable bonds is 9. The lowest BCUT2D eigenvalue weighted by molar-refractivity contribution is -0.171. The van der Waals surface area contributed by atoms with Crippen LogP contribution in [0.25, 0.3) is 0 Å². The van der Waals surface area contributed by atoms with E-state index in [-0.39, 0.29) is 37.1 Å². The number of halogens is 6. The number of nitrogens with zero attached hydrogens (tertiary/aromatic N) is 1. The number of likely N-dealkylation sites (tertiary alicyclic amines) is 1. The summed E-state index contributed by atoms with van der Waals surface area (Å²) in [5.41, 5.74) is 1.07. The van der Waals surface area contributed by atoms with Gasteiger partial charge in [0, 0.05) is 19.0 Å². The Bertz CT molecular complexity index is 1410. The molecule has 2 heterocycles. The van der Waals surface area contributed by atoms with Crippen LogP contribution in [0, 0.1) is 5.92 Å². The van der Waals surface area contributed by atoms with Crippen molar-refractivity contribution in [2.24, 2.45) is 11.7 Å². The molecule has 2 aromatic carbocycles. The zero-order chi connectivity index (χ0) is 35.7. The molecule has 48 heavy (non-hydrogen) atoms. The molecule has 1 amide bonds. The molecule has 6 atom stereocenters. The number of nitrogens with two attached hydrogens (primary N) is 1. The molecule has 0 saturated carbocycles. The smallest absolute Gasteiger partial charge is 0.416 e. The molecule has 2 fully saturated rings. The van der Waals surface area contributed by atoms with Crippen molar-refractivity contribution >= 4 is 12.1 Å². The fourth-order valence-electron chi connectivity index (χ4n) is 6.18. The average molecular weight is 690 g/mol. The minimum Gasteiger partial charge on any atom is -0.424 e. The first kappa shape index (κ1) is 37.4. The number of benzene rings is 2. The summed E-state index contributed by atoms with van der Waals surface area (Å²) in [6, 6.07) is 8.91. The van der Waals surface area contributed by atoms with Crippen molar-refractivity contribution < 1.29 is 55.2 Å². The second-order valence-electron chi connectivity index (χ2n) is 12.9. The van der Waals surface area contributed by atoms with Crippen LogP contribution in [0.4, 0.5) is 31.1 Å². The molecule has 0 aliphatic carbocycles. The highest BCUT2D eigenvalue weighted by atomic mass is 19.4. The minimum absolute atomic E-state index is 0.0104. The molecule has 0 bridgehead atoms. The van der Waals surface area contributed by atoms with Crippen LogP contribution < -0.4 is 11.1 Å². The van der Waals surface area contributed by atoms with Crippen molar-refractivity contribution in [3.63, 3.8) is 0 Å². The fraction of sp³-hybridized carbons (Fsp3) is 0.576. The van der Waals surface area contributed by atoms with E-state index in [0.29, 0.717) is 37.0 Å². The number of ether oxygens (including phenoxy) is 3. The highest BCUT2D eigenvalue weighted by Crippen LogP contribution is 2.46. The lowest BCUT2D eigenvalue weighted by Crippen LogP contribution is -2.65. The summed E-state index contributed by atoms with van der Waals surface area (Å²) in [5.74, 6) is -1.04. The lowest BCUT2D eigenvalue weighted by atomic mass is 9.74. The quantitative estimate of drug-likeness (QED) is 0.161. The van der Waals surface area contributed by atoms with Crippen LogP contribution in [0.2, 0.25) is 0 Å². The molecule has 2 aromatic rings. The highest BCUT2D eigenvalue weighted by molar-refractivity contribution is 5.76. The Balaban J connectivity index is 1.70. The molecule has 0 aromatic heterocycles. The van der Waals surface area contributed by atoms with E-state index in [1.54, 1.807) is 44.2 Å². The largest absolute Gasteiger partial charge is 0.424 e. The maximum absolute atomic E-state index is 14.0. The Morgan fingerprint density at radius 2 is 1.56 bits per heavy atom. The van der Waals surface area contributed by atoms with Gasteiger partial charge in [0.1, 0.15) is 12.3 Å². The van der Waals surface area contributed by atoms with Gasteiger partial charge in [-0.3, -0.25) is 15.0 Å². The first-order valence-electron chi connectivity index (χ1n) is 15.6. The number of amides is 1. The van der Waals surface area contributed by atoms with Crippen molar-refractivity contribution in [2.75, 3.05) is 13.2 Å². The van der Waals surface area contributed by atoms with Crippen LogP contribution in [0.3, 0.4) is 0 Å². The Morgan fingerprint density at radius 3 is 2.08 bits per heavy atom. The molecule has 4 N–H and O–H groups in total. The van der Waals surface area contributed by atoms with Crippen molar-refractivity contribution in [3.05, 3.63) is 70.8 Å². The number of esters is 1. The van der Waals surface area contributed by atoms with E-state index in [1.165, 1.54) is 18.7 Å². The number of nitrogens with one attached hydrogen (secondary N) is 1. The zero-order valence-electron chi connectivity index (χ0n) is 27.0. The molecule has 15 heteroatoms. The number of carbonyl (C=O) groups excluding carboxylic acids is 2. The maximum atomic E-state index is 14.0. The van der Waals surface area contributed by atoms with Gasteiger partial charge < -0.3 is 25.1 Å². The van der Waals surface area contributed by atoms with Crippen molar-refractivity contribution in [3.8, 4) is 0 Å². The Hall–Kier alpha value is -3.40. The van der Waals surface area contributed by atoms with Crippen molar-refractivity contribution in [1.82, 2.24) is 10.2 Å². The summed E-state index contributed by atoms with van der Waals surface area (Å²) in [6.07, 6.45) is -12.9. The van der Waals surface area contributed by atoms with Crippen molar-refractivity contribution in [1.29, 1.82) is 0 Å². The van der Waals surface area contributed by atoms with E-state index >= 15 is 0 Å². The van der Waals surface area contributed by atoms with Gasteiger partial charge in [0.2, 0.25) is 6.29 Å². The monoisotopic (exact) mass is 689 g/mol. The summed E-state index contributed by atoms with van der Waals surface area (Å²) in [7, 11) is 0. The third kappa shape index (κ3) is 8.41. The first-order valence-corrected chi connectivity index (χ1v) is 15.6. The van der Waals surface area contributed by atoms with Gasteiger partial charge in [-0.1, -0.05) is 44.2 Å². The van der Waals surface area contributed by atoms with Gasteiger partial charge in [0.25, 0.3) is 0 Å². The van der Waals surface area contributed by atoms with E-state index in [0.717, 1.165) is 0 Å². The summed E-state index contributed by atoms with van der Waals surface area (Å²) in [6.45, 7) is 5.75. The molecule has 2 aliphatic rings. The van der Waals surface area contributed by atoms with Crippen molar-refractivity contribution in [2.45, 2.75) is 101 Å². The third-order valence-electron chi connectivity index (χ3n) is 9.09. The summed E-state index contributed by atoms with van der Waals surface area (Å²) in [5, 5.41) is 13.5. The van der Waals surface area contributed by atoms with Gasteiger partial charge in [0.05, 0.1) is 29.4 Å². The number of carbonyl (C=O) groups is 2. The fourth-order valence-corrected chi connectivity index (χ4v) is 6.18. The molecule has 2 unspecified atom stereocenters. The Kier molecular flexibility index (Phi) is 11.1. The predicted octanol–water partition coefficient (Wildman–Crippen LogP) is 6.24. The molecular formula is C33H41F6N3O6. The van der Waals surface area contributed by atoms with Gasteiger partial charge in [-0.25, -0.2) is 4.79 Å². The number of hydrogen-bond acceptors (Lipinski definition) is 8. The normalized spacial score (nSPS) is 25.2. The lowest BCUT2D eigenvalue weighted by Gasteiger charge is -2.53. The summed E-state index contributed by atoms with van der Waals surface area (Å²) < 4.78 is 98.6. The predicted molar refractivity (Wildman–Crippen MR) is 161 cm³/mol.